The van der Waals surface area contributed by atoms with Crippen molar-refractivity contribution in [3.63, 3.8) is 0 Å². The molecule has 0 radical (unpaired) electrons. The minimum absolute atomic E-state index is 0. The molecule has 1 aromatic carbocycles. The number of nitrogens with zero attached hydrogens (tertiary/aromatic N) is 1. The van der Waals surface area contributed by atoms with E-state index in [0.29, 0.717) is 19.8 Å². The van der Waals surface area contributed by atoms with E-state index in [9.17, 15) is 0 Å². The molecule has 1 aliphatic carbocycles. The van der Waals surface area contributed by atoms with Crippen molar-refractivity contribution in [3.05, 3.63) is 64.0 Å². The van der Waals surface area contributed by atoms with Gasteiger partial charge in [0.15, 0.2) is 0 Å². The molecule has 0 fully saturated rings. The highest BCUT2D eigenvalue weighted by atomic mass is 35.5. The number of hydrogen-bond donors (Lipinski definition) is 1. The number of terminal acetylenes is 1. The first-order valence-electron chi connectivity index (χ1n) is 10.2. The van der Waals surface area contributed by atoms with Gasteiger partial charge in [-0.2, -0.15) is 0 Å². The van der Waals surface area contributed by atoms with Gasteiger partial charge in [0.05, 0.1) is 6.61 Å². The first-order valence-corrected chi connectivity index (χ1v) is 10.6. The number of fused-ring (bicyclic) bond motifs is 2. The molecule has 30 heavy (non-hydrogen) atoms. The Morgan fingerprint density at radius 2 is 2.10 bits per heavy atom. The van der Waals surface area contributed by atoms with Crippen LogP contribution in [-0.4, -0.2) is 40.0 Å². The highest BCUT2D eigenvalue weighted by molar-refractivity contribution is 6.30. The van der Waals surface area contributed by atoms with Crippen molar-refractivity contribution >= 4 is 29.7 Å². The number of nitrogens with one attached hydrogen (secondary N) is 1. The molecule has 1 aliphatic heterocycles. The van der Waals surface area contributed by atoms with Crippen LogP contribution in [0.2, 0.25) is 5.02 Å². The minimum Gasteiger partial charge on any atom is -0.495 e. The first kappa shape index (κ1) is 24.4. The predicted octanol–water partition coefficient (Wildman–Crippen LogP) is 4.89. The number of allylic oxidation sites excluding steroid dienone is 5. The summed E-state index contributed by atoms with van der Waals surface area (Å²) in [6.07, 6.45) is 15.7. The topological polar surface area (TPSA) is 33.7 Å². The van der Waals surface area contributed by atoms with E-state index in [2.05, 4.69) is 46.5 Å². The molecule has 0 saturated heterocycles. The lowest BCUT2D eigenvalue weighted by Crippen LogP contribution is -2.27. The molecule has 3 rings (SSSR count). The summed E-state index contributed by atoms with van der Waals surface area (Å²) >= 11 is 6.34. The molecule has 0 aromatic heterocycles. The molecular formula is C24H30Cl2N2O2. The Morgan fingerprint density at radius 1 is 1.23 bits per heavy atom. The maximum absolute atomic E-state index is 6.34. The molecule has 0 bridgehead atoms. The molecule has 0 saturated carbocycles. The third-order valence-electron chi connectivity index (χ3n) is 5.08. The van der Waals surface area contributed by atoms with Crippen molar-refractivity contribution in [2.75, 3.05) is 44.9 Å². The zero-order valence-corrected chi connectivity index (χ0v) is 19.0. The van der Waals surface area contributed by atoms with Crippen LogP contribution in [0, 0.1) is 12.3 Å². The van der Waals surface area contributed by atoms with E-state index in [-0.39, 0.29) is 12.4 Å². The van der Waals surface area contributed by atoms with E-state index in [1.54, 1.807) is 0 Å². The number of hydrogen-bond acceptors (Lipinski definition) is 4. The standard InChI is InChI=1S/C24H29ClN2O2.ClH/c1-3-14-28-15-16-29-22-10-11-23-20(17-22)7-6-19-8-9-21(25)18-24(19)27(23)13-5-4-12-26-2;/h1,7-11,18,26H,4-6,12-17H2,2H3;1H. The van der Waals surface area contributed by atoms with Gasteiger partial charge in [-0.05, 0) is 68.3 Å². The van der Waals surface area contributed by atoms with Crippen LogP contribution in [0.15, 0.2) is 53.5 Å². The van der Waals surface area contributed by atoms with E-state index < -0.39 is 0 Å². The van der Waals surface area contributed by atoms with Gasteiger partial charge in [-0.15, -0.1) is 18.8 Å². The molecule has 0 spiro atoms. The fourth-order valence-corrected chi connectivity index (χ4v) is 3.82. The summed E-state index contributed by atoms with van der Waals surface area (Å²) in [5, 5.41) is 4.00. The number of rotatable bonds is 10. The summed E-state index contributed by atoms with van der Waals surface area (Å²) in [5.74, 6) is 3.42. The molecule has 1 N–H and O–H groups in total. The van der Waals surface area contributed by atoms with Crippen molar-refractivity contribution < 1.29 is 9.47 Å². The maximum Gasteiger partial charge on any atom is 0.111 e. The predicted molar refractivity (Wildman–Crippen MR) is 127 cm³/mol. The lowest BCUT2D eigenvalue weighted by atomic mass is 10.0. The van der Waals surface area contributed by atoms with Crippen LogP contribution in [-0.2, 0) is 15.9 Å². The van der Waals surface area contributed by atoms with Crippen molar-refractivity contribution in [1.82, 2.24) is 5.32 Å². The quantitative estimate of drug-likeness (QED) is 0.408. The fourth-order valence-electron chi connectivity index (χ4n) is 3.65. The van der Waals surface area contributed by atoms with E-state index in [1.165, 1.54) is 22.5 Å². The van der Waals surface area contributed by atoms with E-state index in [0.717, 1.165) is 49.6 Å². The normalized spacial score (nSPS) is 14.8. The Hall–Kier alpha value is -1.90. The van der Waals surface area contributed by atoms with Gasteiger partial charge in [-0.1, -0.05) is 29.7 Å². The lowest BCUT2D eigenvalue weighted by Gasteiger charge is -2.31. The SMILES string of the molecule is C#CCOCCOC1=CC=C2C(=CCc3ccc(Cl)cc3N2CCCCNC)C1.Cl. The molecule has 6 heteroatoms. The van der Waals surface area contributed by atoms with Gasteiger partial charge >= 0.3 is 0 Å². The van der Waals surface area contributed by atoms with Gasteiger partial charge in [0, 0.05) is 29.4 Å². The second-order valence-corrected chi connectivity index (χ2v) is 7.57. The largest absolute Gasteiger partial charge is 0.495 e. The van der Waals surface area contributed by atoms with Crippen LogP contribution in [0.1, 0.15) is 24.8 Å². The number of anilines is 1. The van der Waals surface area contributed by atoms with Crippen LogP contribution in [0.25, 0.3) is 0 Å². The maximum atomic E-state index is 6.34. The molecule has 2 aliphatic rings. The smallest absolute Gasteiger partial charge is 0.111 e. The molecule has 162 valence electrons. The van der Waals surface area contributed by atoms with Gasteiger partial charge in [0.1, 0.15) is 19.0 Å². The number of ether oxygens (including phenoxy) is 2. The van der Waals surface area contributed by atoms with E-state index >= 15 is 0 Å². The Balaban J connectivity index is 0.00000320. The summed E-state index contributed by atoms with van der Waals surface area (Å²) < 4.78 is 11.2. The molecule has 0 unspecified atom stereocenters. The van der Waals surface area contributed by atoms with Crippen LogP contribution >= 0.6 is 24.0 Å². The van der Waals surface area contributed by atoms with Crippen LogP contribution < -0.4 is 10.2 Å². The van der Waals surface area contributed by atoms with Crippen LogP contribution in [0.4, 0.5) is 5.69 Å². The molecular weight excluding hydrogens is 419 g/mol. The zero-order valence-electron chi connectivity index (χ0n) is 17.5. The Morgan fingerprint density at radius 3 is 2.90 bits per heavy atom. The Labute approximate surface area is 191 Å². The minimum atomic E-state index is 0. The van der Waals surface area contributed by atoms with Gasteiger partial charge in [0.2, 0.25) is 0 Å². The number of benzene rings is 1. The average molecular weight is 449 g/mol. The average Bonchev–Trinajstić information content (AvgIpc) is 2.87. The van der Waals surface area contributed by atoms with Gasteiger partial charge in [-0.3, -0.25) is 0 Å². The van der Waals surface area contributed by atoms with Crippen LogP contribution in [0.5, 0.6) is 0 Å². The van der Waals surface area contributed by atoms with Crippen LogP contribution in [0.3, 0.4) is 0 Å². The third kappa shape index (κ3) is 6.55. The molecule has 4 nitrogen and oxygen atoms in total. The Bertz CT molecular complexity index is 840. The zero-order chi connectivity index (χ0) is 20.5. The number of unbranched alkanes of at least 4 members (excludes halogenated alkanes) is 1. The lowest BCUT2D eigenvalue weighted by molar-refractivity contribution is 0.0919. The highest BCUT2D eigenvalue weighted by Gasteiger charge is 2.24. The molecule has 0 atom stereocenters. The number of halogens is 2. The monoisotopic (exact) mass is 448 g/mol. The summed E-state index contributed by atoms with van der Waals surface area (Å²) in [6.45, 7) is 3.31. The molecule has 1 heterocycles. The van der Waals surface area contributed by atoms with Crippen molar-refractivity contribution in [2.45, 2.75) is 25.7 Å². The third-order valence-corrected chi connectivity index (χ3v) is 5.31. The van der Waals surface area contributed by atoms with Gasteiger partial charge < -0.3 is 19.7 Å². The van der Waals surface area contributed by atoms with Gasteiger partial charge in [-0.25, -0.2) is 0 Å². The van der Waals surface area contributed by atoms with Gasteiger partial charge in [0.25, 0.3) is 0 Å². The summed E-state index contributed by atoms with van der Waals surface area (Å²) in [5.41, 5.74) is 5.05. The Kier molecular flexibility index (Phi) is 10.3. The van der Waals surface area contributed by atoms with E-state index in [1.807, 2.05) is 13.1 Å². The molecule has 1 aromatic rings. The summed E-state index contributed by atoms with van der Waals surface area (Å²) in [7, 11) is 2.00. The highest BCUT2D eigenvalue weighted by Crippen LogP contribution is 2.38. The van der Waals surface area contributed by atoms with E-state index in [4.69, 9.17) is 27.5 Å². The fraction of sp³-hybridized carbons (Fsp3) is 0.417. The molecule has 0 amide bonds. The van der Waals surface area contributed by atoms with Crippen molar-refractivity contribution in [3.8, 4) is 12.3 Å². The second-order valence-electron chi connectivity index (χ2n) is 7.14. The second kappa shape index (κ2) is 12.7. The van der Waals surface area contributed by atoms with Crippen molar-refractivity contribution in [1.29, 1.82) is 0 Å². The van der Waals surface area contributed by atoms with Crippen molar-refractivity contribution in [2.24, 2.45) is 0 Å². The summed E-state index contributed by atoms with van der Waals surface area (Å²) in [6, 6.07) is 6.20. The first-order chi connectivity index (χ1) is 14.2. The summed E-state index contributed by atoms with van der Waals surface area (Å²) in [4.78, 5) is 2.42.